The van der Waals surface area contributed by atoms with Gasteiger partial charge in [-0.25, -0.2) is 0 Å². The molecule has 0 saturated heterocycles. The second-order valence-corrected chi connectivity index (χ2v) is 4.20. The molecule has 0 N–H and O–H groups in total. The van der Waals surface area contributed by atoms with E-state index in [4.69, 9.17) is 0 Å². The van der Waals surface area contributed by atoms with E-state index in [1.165, 1.54) is 0 Å². The molecule has 0 aliphatic heterocycles. The molecular formula is C11H16F2O. The molecule has 0 aromatic carbocycles. The SMILES string of the molecule is CC(C)C(=O)C1CCC(=C(F)F)CC1. The van der Waals surface area contributed by atoms with Crippen LogP contribution in [0.5, 0.6) is 0 Å². The van der Waals surface area contributed by atoms with Gasteiger partial charge in [0.25, 0.3) is 6.08 Å². The topological polar surface area (TPSA) is 17.1 Å². The normalized spacial score (nSPS) is 22.6. The Hall–Kier alpha value is -0.730. The van der Waals surface area contributed by atoms with E-state index in [-0.39, 0.29) is 23.2 Å². The number of ketones is 1. The molecule has 0 spiro atoms. The maximum atomic E-state index is 12.2. The van der Waals surface area contributed by atoms with E-state index in [0.29, 0.717) is 25.7 Å². The number of hydrogen-bond donors (Lipinski definition) is 0. The lowest BCUT2D eigenvalue weighted by atomic mass is 9.81. The summed E-state index contributed by atoms with van der Waals surface area (Å²) in [4.78, 5) is 11.6. The van der Waals surface area contributed by atoms with Crippen LogP contribution in [-0.4, -0.2) is 5.78 Å². The van der Waals surface area contributed by atoms with E-state index >= 15 is 0 Å². The third kappa shape index (κ3) is 2.63. The monoisotopic (exact) mass is 202 g/mol. The summed E-state index contributed by atoms with van der Waals surface area (Å²) in [5.41, 5.74) is 0.248. The summed E-state index contributed by atoms with van der Waals surface area (Å²) in [6, 6.07) is 0. The highest BCUT2D eigenvalue weighted by atomic mass is 19.3. The zero-order valence-corrected chi connectivity index (χ0v) is 8.65. The maximum absolute atomic E-state index is 12.2. The van der Waals surface area contributed by atoms with Gasteiger partial charge in [-0.1, -0.05) is 13.8 Å². The fourth-order valence-corrected chi connectivity index (χ4v) is 1.91. The second-order valence-electron chi connectivity index (χ2n) is 4.20. The molecule has 0 atom stereocenters. The van der Waals surface area contributed by atoms with Crippen molar-refractivity contribution in [3.8, 4) is 0 Å². The van der Waals surface area contributed by atoms with Gasteiger partial charge in [0.1, 0.15) is 5.78 Å². The zero-order chi connectivity index (χ0) is 10.7. The lowest BCUT2D eigenvalue weighted by molar-refractivity contribution is -0.126. The summed E-state index contributed by atoms with van der Waals surface area (Å²) >= 11 is 0. The molecule has 0 bridgehead atoms. The Bertz CT molecular complexity index is 242. The van der Waals surface area contributed by atoms with Crippen molar-refractivity contribution in [1.29, 1.82) is 0 Å². The van der Waals surface area contributed by atoms with E-state index in [1.54, 1.807) is 0 Å². The fraction of sp³-hybridized carbons (Fsp3) is 0.727. The number of allylic oxidation sites excluding steroid dienone is 1. The molecule has 1 aliphatic rings. The van der Waals surface area contributed by atoms with Crippen molar-refractivity contribution in [2.75, 3.05) is 0 Å². The molecule has 1 nitrogen and oxygen atoms in total. The molecule has 0 unspecified atom stereocenters. The van der Waals surface area contributed by atoms with Crippen LogP contribution in [0, 0.1) is 11.8 Å². The number of Topliss-reactive ketones (excluding diaryl/α,β-unsaturated/α-hetero) is 1. The van der Waals surface area contributed by atoms with Crippen molar-refractivity contribution in [3.05, 3.63) is 11.7 Å². The fourth-order valence-electron chi connectivity index (χ4n) is 1.91. The third-order valence-corrected chi connectivity index (χ3v) is 2.83. The highest BCUT2D eigenvalue weighted by Crippen LogP contribution is 2.32. The summed E-state index contributed by atoms with van der Waals surface area (Å²) in [6.45, 7) is 3.73. The first-order valence-corrected chi connectivity index (χ1v) is 5.09. The first kappa shape index (κ1) is 11.3. The van der Waals surface area contributed by atoms with Gasteiger partial charge < -0.3 is 0 Å². The van der Waals surface area contributed by atoms with E-state index in [9.17, 15) is 13.6 Å². The average molecular weight is 202 g/mol. The molecule has 3 heteroatoms. The van der Waals surface area contributed by atoms with Crippen LogP contribution < -0.4 is 0 Å². The number of carbonyl (C=O) groups excluding carboxylic acids is 1. The maximum Gasteiger partial charge on any atom is 0.269 e. The van der Waals surface area contributed by atoms with Gasteiger partial charge in [0.2, 0.25) is 0 Å². The van der Waals surface area contributed by atoms with Gasteiger partial charge >= 0.3 is 0 Å². The van der Waals surface area contributed by atoms with Gasteiger partial charge in [0.05, 0.1) is 0 Å². The number of halogens is 2. The minimum Gasteiger partial charge on any atom is -0.299 e. The van der Waals surface area contributed by atoms with Crippen LogP contribution >= 0.6 is 0 Å². The van der Waals surface area contributed by atoms with Gasteiger partial charge in [0, 0.05) is 11.8 Å². The van der Waals surface area contributed by atoms with Crippen LogP contribution in [0.4, 0.5) is 8.78 Å². The van der Waals surface area contributed by atoms with Crippen molar-refractivity contribution in [2.45, 2.75) is 39.5 Å². The Balaban J connectivity index is 2.52. The zero-order valence-electron chi connectivity index (χ0n) is 8.65. The van der Waals surface area contributed by atoms with E-state index < -0.39 is 6.08 Å². The predicted octanol–water partition coefficient (Wildman–Crippen LogP) is 3.55. The molecule has 80 valence electrons. The van der Waals surface area contributed by atoms with Gasteiger partial charge in [-0.3, -0.25) is 4.79 Å². The molecular weight excluding hydrogens is 186 g/mol. The minimum absolute atomic E-state index is 0.0121. The number of hydrogen-bond acceptors (Lipinski definition) is 1. The van der Waals surface area contributed by atoms with E-state index in [1.807, 2.05) is 13.8 Å². The Labute approximate surface area is 83.2 Å². The smallest absolute Gasteiger partial charge is 0.269 e. The van der Waals surface area contributed by atoms with Crippen LogP contribution in [-0.2, 0) is 4.79 Å². The van der Waals surface area contributed by atoms with Crippen molar-refractivity contribution in [2.24, 2.45) is 11.8 Å². The first-order valence-electron chi connectivity index (χ1n) is 5.09. The molecule has 0 amide bonds. The second kappa shape index (κ2) is 4.67. The lowest BCUT2D eigenvalue weighted by Gasteiger charge is -2.23. The van der Waals surface area contributed by atoms with Crippen LogP contribution in [0.2, 0.25) is 0 Å². The summed E-state index contributed by atoms with van der Waals surface area (Å²) in [6.07, 6.45) is 0.449. The van der Waals surface area contributed by atoms with E-state index in [0.717, 1.165) is 0 Å². The molecule has 1 fully saturated rings. The first-order chi connectivity index (χ1) is 6.52. The molecule has 1 rings (SSSR count). The molecule has 0 aromatic heterocycles. The highest BCUT2D eigenvalue weighted by Gasteiger charge is 2.26. The van der Waals surface area contributed by atoms with Gasteiger partial charge in [-0.05, 0) is 31.3 Å². The summed E-state index contributed by atoms with van der Waals surface area (Å²) in [5, 5.41) is 0. The van der Waals surface area contributed by atoms with Gasteiger partial charge in [0.15, 0.2) is 0 Å². The van der Waals surface area contributed by atoms with Gasteiger partial charge in [-0.2, -0.15) is 8.78 Å². The molecule has 1 aliphatic carbocycles. The van der Waals surface area contributed by atoms with E-state index in [2.05, 4.69) is 0 Å². The predicted molar refractivity (Wildman–Crippen MR) is 51.0 cm³/mol. The molecule has 1 saturated carbocycles. The number of carbonyl (C=O) groups is 1. The van der Waals surface area contributed by atoms with Crippen molar-refractivity contribution < 1.29 is 13.6 Å². The molecule has 0 aromatic rings. The molecule has 0 heterocycles. The molecule has 0 radical (unpaired) electrons. The largest absolute Gasteiger partial charge is 0.299 e. The standard InChI is InChI=1S/C11H16F2O/c1-7(2)10(14)8-3-5-9(6-4-8)11(12)13/h7-8H,3-6H2,1-2H3. The number of rotatable bonds is 2. The molecule has 14 heavy (non-hydrogen) atoms. The Morgan fingerprint density at radius 3 is 2.14 bits per heavy atom. The summed E-state index contributed by atoms with van der Waals surface area (Å²) in [5.74, 6) is 0.266. The quantitative estimate of drug-likeness (QED) is 0.669. The van der Waals surface area contributed by atoms with Gasteiger partial charge in [-0.15, -0.1) is 0 Å². The van der Waals surface area contributed by atoms with Crippen LogP contribution in [0.1, 0.15) is 39.5 Å². The lowest BCUT2D eigenvalue weighted by Crippen LogP contribution is -2.22. The summed E-state index contributed by atoms with van der Waals surface area (Å²) < 4.78 is 24.4. The van der Waals surface area contributed by atoms with Crippen LogP contribution in [0.15, 0.2) is 11.7 Å². The minimum atomic E-state index is -1.54. The highest BCUT2D eigenvalue weighted by molar-refractivity contribution is 5.82. The van der Waals surface area contributed by atoms with Crippen LogP contribution in [0.3, 0.4) is 0 Å². The average Bonchev–Trinajstić information content (AvgIpc) is 2.16. The summed E-state index contributed by atoms with van der Waals surface area (Å²) in [7, 11) is 0. The Morgan fingerprint density at radius 1 is 1.29 bits per heavy atom. The van der Waals surface area contributed by atoms with Crippen LogP contribution in [0.25, 0.3) is 0 Å². The van der Waals surface area contributed by atoms with Crippen molar-refractivity contribution in [1.82, 2.24) is 0 Å². The van der Waals surface area contributed by atoms with Crippen molar-refractivity contribution in [3.63, 3.8) is 0 Å². The van der Waals surface area contributed by atoms with Crippen molar-refractivity contribution >= 4 is 5.78 Å². The Kier molecular flexibility index (Phi) is 3.78. The Morgan fingerprint density at radius 2 is 1.79 bits per heavy atom. The third-order valence-electron chi connectivity index (χ3n) is 2.83.